The van der Waals surface area contributed by atoms with E-state index in [0.717, 1.165) is 0 Å². The van der Waals surface area contributed by atoms with E-state index in [2.05, 4.69) is 5.32 Å². The zero-order valence-electron chi connectivity index (χ0n) is 17.9. The number of aliphatic hydroxyl groups is 2. The molecule has 12 nitrogen and oxygen atoms in total. The van der Waals surface area contributed by atoms with E-state index in [9.17, 15) is 29.7 Å². The van der Waals surface area contributed by atoms with E-state index in [1.807, 2.05) is 6.92 Å². The molecule has 180 valence electrons. The summed E-state index contributed by atoms with van der Waals surface area (Å²) in [4.78, 5) is 35.0. The molecular weight excluding hydrogens is 427 g/mol. The first-order valence-corrected chi connectivity index (χ1v) is 10.2. The minimum atomic E-state index is -1.43. The van der Waals surface area contributed by atoms with Gasteiger partial charge in [0.2, 0.25) is 5.91 Å². The van der Waals surface area contributed by atoms with Gasteiger partial charge in [-0.2, -0.15) is 0 Å². The molecule has 0 aromatic carbocycles. The molecule has 1 aliphatic rings. The zero-order valence-corrected chi connectivity index (χ0v) is 17.9. The molecule has 0 radical (unpaired) electrons. The number of amides is 1. The molecule has 0 aromatic heterocycles. The Kier molecular flexibility index (Phi) is 11.9. The molecule has 1 amide bonds. The number of carboxylic acid groups (broad SMARTS) is 2. The van der Waals surface area contributed by atoms with Crippen LogP contribution in [0.4, 0.5) is 0 Å². The molecule has 1 aliphatic heterocycles. The lowest BCUT2D eigenvalue weighted by molar-refractivity contribution is -0.139. The maximum absolute atomic E-state index is 11.5. The van der Waals surface area contributed by atoms with Gasteiger partial charge < -0.3 is 40.5 Å². The summed E-state index contributed by atoms with van der Waals surface area (Å²) in [6.07, 6.45) is 1.70. The third-order valence-corrected chi connectivity index (χ3v) is 4.81. The lowest BCUT2D eigenvalue weighted by atomic mass is 9.81. The average molecular weight is 458 g/mol. The van der Waals surface area contributed by atoms with Gasteiger partial charge in [-0.05, 0) is 24.7 Å². The molecule has 2 atom stereocenters. The Hall–Kier alpha value is -2.45. The van der Waals surface area contributed by atoms with E-state index in [0.29, 0.717) is 6.42 Å². The fraction of sp³-hybridized carbons (Fsp3) is 0.632. The number of nitrogens with one attached hydrogen (secondary N) is 1. The molecule has 2 unspecified atom stereocenters. The van der Waals surface area contributed by atoms with Gasteiger partial charge >= 0.3 is 19.1 Å². The van der Waals surface area contributed by atoms with Crippen LogP contribution < -0.4 is 5.32 Å². The third kappa shape index (κ3) is 10.2. The number of likely N-dealkylation sites (tertiary alicyclic amines) is 1. The number of aliphatic hydroxyl groups excluding tert-OH is 2. The van der Waals surface area contributed by atoms with Crippen molar-refractivity contribution in [2.75, 3.05) is 26.2 Å². The van der Waals surface area contributed by atoms with E-state index < -0.39 is 43.9 Å². The molecule has 1 saturated heterocycles. The Morgan fingerprint density at radius 3 is 2.41 bits per heavy atom. The highest BCUT2D eigenvalue weighted by molar-refractivity contribution is 6.40. The number of carbonyl (C=O) groups excluding carboxylic acids is 1. The summed E-state index contributed by atoms with van der Waals surface area (Å²) in [5.41, 5.74) is -0.333. The number of carboxylic acids is 2. The Morgan fingerprint density at radius 2 is 1.88 bits per heavy atom. The summed E-state index contributed by atoms with van der Waals surface area (Å²) in [5.74, 6) is -3.06. The van der Waals surface area contributed by atoms with E-state index in [-0.39, 0.29) is 56.0 Å². The fourth-order valence-corrected chi connectivity index (χ4v) is 2.83. The summed E-state index contributed by atoms with van der Waals surface area (Å²) in [5, 5.41) is 57.7. The van der Waals surface area contributed by atoms with Gasteiger partial charge in [-0.1, -0.05) is 13.0 Å². The number of allylic oxidation sites excluding steroid dienone is 2. The topological polar surface area (TPSA) is 197 Å². The molecule has 0 spiro atoms. The number of carbonyl (C=O) groups is 3. The van der Waals surface area contributed by atoms with Gasteiger partial charge in [0.05, 0.1) is 19.6 Å². The van der Waals surface area contributed by atoms with Crippen molar-refractivity contribution in [3.63, 3.8) is 0 Å². The third-order valence-electron chi connectivity index (χ3n) is 4.81. The molecule has 32 heavy (non-hydrogen) atoms. The van der Waals surface area contributed by atoms with Gasteiger partial charge in [0.25, 0.3) is 0 Å². The first kappa shape index (κ1) is 27.6. The van der Waals surface area contributed by atoms with Gasteiger partial charge in [0, 0.05) is 19.5 Å². The number of nitrogens with zero attached hydrogens (tertiary/aromatic N) is 1. The van der Waals surface area contributed by atoms with Gasteiger partial charge in [-0.15, -0.1) is 0 Å². The van der Waals surface area contributed by atoms with E-state index >= 15 is 0 Å². The summed E-state index contributed by atoms with van der Waals surface area (Å²) in [7, 11) is -1.43. The molecule has 0 aliphatic carbocycles. The highest BCUT2D eigenvalue weighted by Gasteiger charge is 2.34. The Bertz CT molecular complexity index is 706. The maximum Gasteiger partial charge on any atom is 0.451 e. The Balaban J connectivity index is 2.60. The maximum atomic E-state index is 11.5. The second-order valence-electron chi connectivity index (χ2n) is 7.57. The number of hydrogen-bond acceptors (Lipinski definition) is 9. The molecule has 0 aromatic rings. The second kappa shape index (κ2) is 13.9. The summed E-state index contributed by atoms with van der Waals surface area (Å²) in [6, 6.07) is 0. The van der Waals surface area contributed by atoms with E-state index in [4.69, 9.17) is 19.9 Å². The minimum absolute atomic E-state index is 0.0301. The Labute approximate surface area is 185 Å². The van der Waals surface area contributed by atoms with Crippen molar-refractivity contribution >= 4 is 25.0 Å². The van der Waals surface area contributed by atoms with Crippen molar-refractivity contribution in [2.45, 2.75) is 44.8 Å². The summed E-state index contributed by atoms with van der Waals surface area (Å²) < 4.78 is 5.70. The number of ether oxygens (including phenoxy) is 1. The molecule has 1 heterocycles. The molecule has 7 N–H and O–H groups in total. The number of aliphatic carboxylic acids is 2. The van der Waals surface area contributed by atoms with Crippen molar-refractivity contribution in [1.82, 2.24) is 10.2 Å². The summed E-state index contributed by atoms with van der Waals surface area (Å²) in [6.45, 7) is 1.45. The van der Waals surface area contributed by atoms with Crippen LogP contribution in [0.2, 0.25) is 6.32 Å². The SMILES string of the molecule is CC(/C=C\C(OC1CN(C(O)CNC(=O)CCC(=O)O)C1)=C(/CO)C(=O)O)CCB(O)O. The molecule has 1 fully saturated rings. The fourth-order valence-electron chi connectivity index (χ4n) is 2.83. The first-order chi connectivity index (χ1) is 15.0. The van der Waals surface area contributed by atoms with Crippen molar-refractivity contribution < 1.29 is 49.6 Å². The predicted octanol–water partition coefficient (Wildman–Crippen LogP) is -1.63. The highest BCUT2D eigenvalue weighted by atomic mass is 16.5. The number of rotatable bonds is 15. The Morgan fingerprint density at radius 1 is 1.22 bits per heavy atom. The van der Waals surface area contributed by atoms with Crippen LogP contribution in [0.25, 0.3) is 0 Å². The van der Waals surface area contributed by atoms with Crippen molar-refractivity contribution in [1.29, 1.82) is 0 Å². The summed E-state index contributed by atoms with van der Waals surface area (Å²) >= 11 is 0. The standard InChI is InChI=1S/C19H31BN2O10/c1-12(6-7-20(30)31)2-3-15(14(11-23)19(28)29)32-13-9-22(10-13)17(25)8-21-16(24)4-5-18(26)27/h2-3,12-13,17,23,25,30-31H,4-11H2,1H3,(H,21,24)(H,26,27)(H,28,29)/b3-2-,15-14-. The van der Waals surface area contributed by atoms with Crippen LogP contribution in [-0.4, -0.2) is 98.9 Å². The molecule has 0 bridgehead atoms. The highest BCUT2D eigenvalue weighted by Crippen LogP contribution is 2.21. The van der Waals surface area contributed by atoms with Gasteiger partial charge in [-0.3, -0.25) is 14.5 Å². The van der Waals surface area contributed by atoms with Crippen LogP contribution in [-0.2, 0) is 19.1 Å². The second-order valence-corrected chi connectivity index (χ2v) is 7.57. The lowest BCUT2D eigenvalue weighted by Gasteiger charge is -2.42. The van der Waals surface area contributed by atoms with Gasteiger partial charge in [0.1, 0.15) is 23.7 Å². The van der Waals surface area contributed by atoms with E-state index in [1.165, 1.54) is 6.08 Å². The minimum Gasteiger partial charge on any atom is -0.487 e. The number of hydrogen-bond donors (Lipinski definition) is 7. The van der Waals surface area contributed by atoms with Crippen LogP contribution in [0.5, 0.6) is 0 Å². The van der Waals surface area contributed by atoms with Gasteiger partial charge in [-0.25, -0.2) is 4.79 Å². The van der Waals surface area contributed by atoms with Crippen molar-refractivity contribution in [2.24, 2.45) is 5.92 Å². The average Bonchev–Trinajstić information content (AvgIpc) is 2.68. The van der Waals surface area contributed by atoms with Crippen LogP contribution in [0.15, 0.2) is 23.5 Å². The molecule has 1 rings (SSSR count). The quantitative estimate of drug-likeness (QED) is 0.0644. The predicted molar refractivity (Wildman–Crippen MR) is 112 cm³/mol. The molecule has 0 saturated carbocycles. The zero-order chi connectivity index (χ0) is 24.3. The van der Waals surface area contributed by atoms with E-state index in [1.54, 1.807) is 11.0 Å². The van der Waals surface area contributed by atoms with Crippen molar-refractivity contribution in [3.05, 3.63) is 23.5 Å². The first-order valence-electron chi connectivity index (χ1n) is 10.2. The van der Waals surface area contributed by atoms with Crippen molar-refractivity contribution in [3.8, 4) is 0 Å². The monoisotopic (exact) mass is 458 g/mol. The van der Waals surface area contributed by atoms with Crippen LogP contribution in [0.1, 0.15) is 26.2 Å². The molecule has 13 heteroatoms. The normalized spacial score (nSPS) is 17.3. The van der Waals surface area contributed by atoms with Gasteiger partial charge in [0.15, 0.2) is 0 Å². The van der Waals surface area contributed by atoms with Crippen LogP contribution >= 0.6 is 0 Å². The lowest BCUT2D eigenvalue weighted by Crippen LogP contribution is -2.59. The van der Waals surface area contributed by atoms with Crippen LogP contribution in [0.3, 0.4) is 0 Å². The van der Waals surface area contributed by atoms with Crippen LogP contribution in [0, 0.1) is 5.92 Å². The molecular formula is C19H31BN2O10. The largest absolute Gasteiger partial charge is 0.487 e. The smallest absolute Gasteiger partial charge is 0.451 e.